The van der Waals surface area contributed by atoms with E-state index in [1.807, 2.05) is 43.3 Å². The van der Waals surface area contributed by atoms with Crippen molar-refractivity contribution >= 4 is 35.0 Å². The summed E-state index contributed by atoms with van der Waals surface area (Å²) in [7, 11) is 0. The van der Waals surface area contributed by atoms with Crippen molar-refractivity contribution in [1.29, 1.82) is 0 Å². The summed E-state index contributed by atoms with van der Waals surface area (Å²) >= 11 is 7.12. The second kappa shape index (κ2) is 7.55. The molecule has 0 unspecified atom stereocenters. The molecule has 0 fully saturated rings. The Hall–Kier alpha value is -2.24. The minimum Gasteiger partial charge on any atom is -0.431 e. The summed E-state index contributed by atoms with van der Waals surface area (Å²) < 4.78 is 5.65. The Morgan fingerprint density at radius 1 is 1.17 bits per heavy atom. The van der Waals surface area contributed by atoms with Gasteiger partial charge in [-0.05, 0) is 43.3 Å². The van der Waals surface area contributed by atoms with E-state index in [4.69, 9.17) is 16.0 Å². The van der Waals surface area contributed by atoms with Crippen LogP contribution >= 0.6 is 23.4 Å². The second-order valence-electron chi connectivity index (χ2n) is 5.20. The van der Waals surface area contributed by atoms with Gasteiger partial charge in [0, 0.05) is 16.3 Å². The van der Waals surface area contributed by atoms with Gasteiger partial charge in [-0.2, -0.15) is 0 Å². The summed E-state index contributed by atoms with van der Waals surface area (Å²) in [5.41, 5.74) is 2.82. The fraction of sp³-hybridized carbons (Fsp3) is 0.111. The van der Waals surface area contributed by atoms with Crippen molar-refractivity contribution in [2.45, 2.75) is 12.1 Å². The molecule has 122 valence electrons. The zero-order chi connectivity index (χ0) is 16.9. The molecule has 0 spiro atoms. The molecule has 0 aliphatic carbocycles. The van der Waals surface area contributed by atoms with Crippen LogP contribution in [0, 0.1) is 6.92 Å². The van der Waals surface area contributed by atoms with E-state index in [0.29, 0.717) is 16.0 Å². The molecule has 0 aliphatic heterocycles. The van der Waals surface area contributed by atoms with Gasteiger partial charge < -0.3 is 9.73 Å². The number of benzene rings is 2. The summed E-state index contributed by atoms with van der Waals surface area (Å²) in [4.78, 5) is 16.2. The van der Waals surface area contributed by atoms with E-state index in [-0.39, 0.29) is 11.7 Å². The van der Waals surface area contributed by atoms with Crippen LogP contribution in [0.2, 0.25) is 5.02 Å². The number of nitrogens with one attached hydrogen (secondary N) is 1. The monoisotopic (exact) mass is 358 g/mol. The number of aromatic nitrogens is 1. The molecular formula is C18H15ClN2O2S. The number of anilines is 1. The standard InChI is InChI=1S/C18H15ClN2O2S/c1-12-2-8-15(9-3-12)21-17(22)11-24-18-20-10-16(23-18)13-4-6-14(19)7-5-13/h2-10H,11H2,1H3,(H,21,22). The van der Waals surface area contributed by atoms with Crippen LogP contribution in [0.25, 0.3) is 11.3 Å². The average Bonchev–Trinajstić information content (AvgIpc) is 3.05. The van der Waals surface area contributed by atoms with E-state index in [9.17, 15) is 4.79 Å². The van der Waals surface area contributed by atoms with Gasteiger partial charge in [-0.15, -0.1) is 0 Å². The Labute approximate surface area is 149 Å². The highest BCUT2D eigenvalue weighted by atomic mass is 35.5. The van der Waals surface area contributed by atoms with Crippen molar-refractivity contribution in [1.82, 2.24) is 4.98 Å². The van der Waals surface area contributed by atoms with Gasteiger partial charge in [-0.3, -0.25) is 4.79 Å². The van der Waals surface area contributed by atoms with Crippen LogP contribution in [0.15, 0.2) is 64.4 Å². The van der Waals surface area contributed by atoms with Crippen molar-refractivity contribution in [3.63, 3.8) is 0 Å². The Morgan fingerprint density at radius 3 is 2.58 bits per heavy atom. The van der Waals surface area contributed by atoms with E-state index >= 15 is 0 Å². The largest absolute Gasteiger partial charge is 0.431 e. The predicted molar refractivity (Wildman–Crippen MR) is 97.5 cm³/mol. The third-order valence-electron chi connectivity index (χ3n) is 3.28. The number of thioether (sulfide) groups is 1. The first-order valence-electron chi connectivity index (χ1n) is 7.31. The molecule has 0 saturated heterocycles. The third kappa shape index (κ3) is 4.40. The van der Waals surface area contributed by atoms with Gasteiger partial charge >= 0.3 is 0 Å². The van der Waals surface area contributed by atoms with Crippen LogP contribution < -0.4 is 5.32 Å². The highest BCUT2D eigenvalue weighted by Gasteiger charge is 2.10. The van der Waals surface area contributed by atoms with Crippen molar-refractivity contribution in [3.8, 4) is 11.3 Å². The number of nitrogens with zero attached hydrogens (tertiary/aromatic N) is 1. The van der Waals surface area contributed by atoms with Crippen LogP contribution in [0.5, 0.6) is 0 Å². The number of oxazole rings is 1. The van der Waals surface area contributed by atoms with Gasteiger partial charge in [0.1, 0.15) is 0 Å². The minimum absolute atomic E-state index is 0.102. The van der Waals surface area contributed by atoms with E-state index < -0.39 is 0 Å². The predicted octanol–water partition coefficient (Wildman–Crippen LogP) is 5.03. The molecule has 0 aliphatic rings. The summed E-state index contributed by atoms with van der Waals surface area (Å²) in [5, 5.41) is 3.96. The molecule has 0 bridgehead atoms. The molecule has 3 aromatic rings. The van der Waals surface area contributed by atoms with Gasteiger partial charge in [0.25, 0.3) is 5.22 Å². The molecule has 6 heteroatoms. The van der Waals surface area contributed by atoms with Crippen molar-refractivity contribution in [3.05, 3.63) is 65.3 Å². The van der Waals surface area contributed by atoms with Gasteiger partial charge in [0.2, 0.25) is 5.91 Å². The Kier molecular flexibility index (Phi) is 5.23. The van der Waals surface area contributed by atoms with Gasteiger partial charge in [0.15, 0.2) is 5.76 Å². The molecule has 1 heterocycles. The summed E-state index contributed by atoms with van der Waals surface area (Å²) in [5.74, 6) is 0.775. The van der Waals surface area contributed by atoms with Crippen LogP contribution in [0.4, 0.5) is 5.69 Å². The molecule has 3 rings (SSSR count). The Balaban J connectivity index is 1.56. The van der Waals surface area contributed by atoms with Gasteiger partial charge in [0.05, 0.1) is 11.9 Å². The first-order valence-corrected chi connectivity index (χ1v) is 8.67. The lowest BCUT2D eigenvalue weighted by molar-refractivity contribution is -0.113. The molecule has 1 aromatic heterocycles. The fourth-order valence-electron chi connectivity index (χ4n) is 2.03. The maximum atomic E-state index is 12.0. The van der Waals surface area contributed by atoms with Gasteiger partial charge in [-0.1, -0.05) is 41.1 Å². The molecule has 1 amide bonds. The quantitative estimate of drug-likeness (QED) is 0.649. The number of aryl methyl sites for hydroxylation is 1. The Bertz CT molecular complexity index is 829. The van der Waals surface area contributed by atoms with E-state index in [1.165, 1.54) is 11.8 Å². The summed E-state index contributed by atoms with van der Waals surface area (Å²) in [6.45, 7) is 2.00. The summed E-state index contributed by atoms with van der Waals surface area (Å²) in [6, 6.07) is 15.0. The average molecular weight is 359 g/mol. The van der Waals surface area contributed by atoms with Crippen molar-refractivity contribution < 1.29 is 9.21 Å². The number of hydrogen-bond acceptors (Lipinski definition) is 4. The smallest absolute Gasteiger partial charge is 0.256 e. The fourth-order valence-corrected chi connectivity index (χ4v) is 2.76. The van der Waals surface area contributed by atoms with Crippen LogP contribution in [-0.4, -0.2) is 16.6 Å². The molecule has 4 nitrogen and oxygen atoms in total. The van der Waals surface area contributed by atoms with Crippen LogP contribution in [-0.2, 0) is 4.79 Å². The SMILES string of the molecule is Cc1ccc(NC(=O)CSc2ncc(-c3ccc(Cl)cc3)o2)cc1. The van der Waals surface area contributed by atoms with Crippen LogP contribution in [0.3, 0.4) is 0 Å². The third-order valence-corrected chi connectivity index (χ3v) is 4.37. The number of hydrogen-bond donors (Lipinski definition) is 1. The molecule has 0 atom stereocenters. The first-order chi connectivity index (χ1) is 11.6. The normalized spacial score (nSPS) is 10.6. The molecular weight excluding hydrogens is 344 g/mol. The van der Waals surface area contributed by atoms with E-state index in [1.54, 1.807) is 18.3 Å². The Morgan fingerprint density at radius 2 is 1.88 bits per heavy atom. The highest BCUT2D eigenvalue weighted by Crippen LogP contribution is 2.26. The van der Waals surface area contributed by atoms with Gasteiger partial charge in [-0.25, -0.2) is 4.98 Å². The lowest BCUT2D eigenvalue weighted by atomic mass is 10.2. The van der Waals surface area contributed by atoms with Crippen molar-refractivity contribution in [2.24, 2.45) is 0 Å². The molecule has 24 heavy (non-hydrogen) atoms. The lowest BCUT2D eigenvalue weighted by Crippen LogP contribution is -2.13. The second-order valence-corrected chi connectivity index (χ2v) is 6.56. The zero-order valence-electron chi connectivity index (χ0n) is 13.0. The lowest BCUT2D eigenvalue weighted by Gasteiger charge is -2.04. The summed E-state index contributed by atoms with van der Waals surface area (Å²) in [6.07, 6.45) is 1.64. The molecule has 0 radical (unpaired) electrons. The maximum Gasteiger partial charge on any atom is 0.256 e. The van der Waals surface area contributed by atoms with Crippen LogP contribution in [0.1, 0.15) is 5.56 Å². The molecule has 2 aromatic carbocycles. The number of carbonyl (C=O) groups excluding carboxylic acids is 1. The van der Waals surface area contributed by atoms with E-state index in [2.05, 4.69) is 10.3 Å². The zero-order valence-corrected chi connectivity index (χ0v) is 14.5. The molecule has 0 saturated carbocycles. The first kappa shape index (κ1) is 16.6. The minimum atomic E-state index is -0.102. The van der Waals surface area contributed by atoms with Crippen molar-refractivity contribution in [2.75, 3.05) is 11.1 Å². The van der Waals surface area contributed by atoms with E-state index in [0.717, 1.165) is 16.8 Å². The topological polar surface area (TPSA) is 55.1 Å². The maximum absolute atomic E-state index is 12.0. The highest BCUT2D eigenvalue weighted by molar-refractivity contribution is 7.99. The number of rotatable bonds is 5. The molecule has 1 N–H and O–H groups in total. The number of halogens is 1. The number of amides is 1. The number of carbonyl (C=O) groups is 1.